The molecule has 0 aliphatic rings. The van der Waals surface area contributed by atoms with Crippen LogP contribution in [0.3, 0.4) is 0 Å². The highest BCUT2D eigenvalue weighted by molar-refractivity contribution is 5.41. The van der Waals surface area contributed by atoms with E-state index in [1.54, 1.807) is 6.07 Å². The van der Waals surface area contributed by atoms with Gasteiger partial charge in [-0.05, 0) is 38.5 Å². The zero-order valence-electron chi connectivity index (χ0n) is 11.4. The Labute approximate surface area is 109 Å². The average Bonchev–Trinajstić information content (AvgIpc) is 2.32. The van der Waals surface area contributed by atoms with Crippen LogP contribution in [0.15, 0.2) is 18.2 Å². The van der Waals surface area contributed by atoms with Crippen molar-refractivity contribution in [2.45, 2.75) is 33.4 Å². The van der Waals surface area contributed by atoms with Crippen LogP contribution in [0.2, 0.25) is 0 Å². The summed E-state index contributed by atoms with van der Waals surface area (Å²) in [7, 11) is 0. The van der Waals surface area contributed by atoms with Crippen LogP contribution in [0.4, 0.5) is 0 Å². The minimum atomic E-state index is 0.184. The summed E-state index contributed by atoms with van der Waals surface area (Å²) in [4.78, 5) is 0. The van der Waals surface area contributed by atoms with Crippen molar-refractivity contribution in [1.29, 1.82) is 0 Å². The van der Waals surface area contributed by atoms with Crippen LogP contribution in [0.5, 0.6) is 11.5 Å². The van der Waals surface area contributed by atoms with Crippen LogP contribution in [0.25, 0.3) is 0 Å². The molecule has 0 aromatic heterocycles. The van der Waals surface area contributed by atoms with Gasteiger partial charge >= 0.3 is 0 Å². The fourth-order valence-electron chi connectivity index (χ4n) is 1.54. The number of hydrogen-bond donors (Lipinski definition) is 2. The molecule has 4 heteroatoms. The van der Waals surface area contributed by atoms with E-state index in [1.165, 1.54) is 0 Å². The number of benzene rings is 1. The van der Waals surface area contributed by atoms with E-state index in [0.29, 0.717) is 19.0 Å². The van der Waals surface area contributed by atoms with Gasteiger partial charge in [0.15, 0.2) is 11.5 Å². The molecular formula is C14H23NO3. The summed E-state index contributed by atoms with van der Waals surface area (Å²) in [6.07, 6.45) is 0.269. The summed E-state index contributed by atoms with van der Waals surface area (Å²) >= 11 is 0. The Morgan fingerprint density at radius 1 is 1.33 bits per heavy atom. The van der Waals surface area contributed by atoms with Gasteiger partial charge < -0.3 is 19.9 Å². The molecule has 0 fully saturated rings. The first-order chi connectivity index (χ1) is 8.63. The number of rotatable bonds is 8. The summed E-state index contributed by atoms with van der Waals surface area (Å²) < 4.78 is 10.8. The van der Waals surface area contributed by atoms with E-state index in [-0.39, 0.29) is 11.9 Å². The summed E-state index contributed by atoms with van der Waals surface area (Å²) in [5, 5.41) is 12.9. The van der Waals surface area contributed by atoms with Crippen molar-refractivity contribution in [2.24, 2.45) is 0 Å². The molecule has 4 nitrogen and oxygen atoms in total. The van der Waals surface area contributed by atoms with E-state index < -0.39 is 0 Å². The maximum absolute atomic E-state index is 9.57. The van der Waals surface area contributed by atoms with E-state index >= 15 is 0 Å². The Bertz CT molecular complexity index is 353. The predicted molar refractivity (Wildman–Crippen MR) is 72.1 cm³/mol. The molecule has 0 amide bonds. The van der Waals surface area contributed by atoms with Crippen molar-refractivity contribution in [3.63, 3.8) is 0 Å². The fourth-order valence-corrected chi connectivity index (χ4v) is 1.54. The van der Waals surface area contributed by atoms with Crippen molar-refractivity contribution in [2.75, 3.05) is 19.8 Å². The molecule has 0 saturated carbocycles. The third-order valence-electron chi connectivity index (χ3n) is 2.38. The number of phenolic OH excluding ortho intramolecular Hbond substituents is 1. The van der Waals surface area contributed by atoms with Crippen LogP contribution in [0, 0.1) is 0 Å². The van der Waals surface area contributed by atoms with Gasteiger partial charge in [0, 0.05) is 13.1 Å². The Kier molecular flexibility index (Phi) is 6.54. The van der Waals surface area contributed by atoms with E-state index in [2.05, 4.69) is 5.32 Å². The number of aromatic hydroxyl groups is 1. The Balaban J connectivity index is 2.35. The van der Waals surface area contributed by atoms with Crippen molar-refractivity contribution in [1.82, 2.24) is 5.32 Å². The van der Waals surface area contributed by atoms with Crippen LogP contribution in [-0.2, 0) is 11.3 Å². The van der Waals surface area contributed by atoms with E-state index in [4.69, 9.17) is 9.47 Å². The Morgan fingerprint density at radius 2 is 2.11 bits per heavy atom. The highest BCUT2D eigenvalue weighted by atomic mass is 16.5. The maximum Gasteiger partial charge on any atom is 0.161 e. The third-order valence-corrected chi connectivity index (χ3v) is 2.38. The molecule has 0 saturated heterocycles. The zero-order chi connectivity index (χ0) is 13.4. The second-order valence-corrected chi connectivity index (χ2v) is 4.33. The number of phenols is 1. The summed E-state index contributed by atoms with van der Waals surface area (Å²) in [6.45, 7) is 8.74. The predicted octanol–water partition coefficient (Wildman–Crippen LogP) is 2.31. The first-order valence-electron chi connectivity index (χ1n) is 6.40. The van der Waals surface area contributed by atoms with Gasteiger partial charge in [0.1, 0.15) is 0 Å². The average molecular weight is 253 g/mol. The Morgan fingerprint density at radius 3 is 2.78 bits per heavy atom. The molecule has 0 heterocycles. The highest BCUT2D eigenvalue weighted by Gasteiger charge is 2.03. The molecule has 0 atom stereocenters. The molecule has 0 bridgehead atoms. The summed E-state index contributed by atoms with van der Waals surface area (Å²) in [5.74, 6) is 0.721. The maximum atomic E-state index is 9.57. The highest BCUT2D eigenvalue weighted by Crippen LogP contribution is 2.26. The monoisotopic (exact) mass is 253 g/mol. The van der Waals surface area contributed by atoms with Crippen molar-refractivity contribution in [3.05, 3.63) is 23.8 Å². The van der Waals surface area contributed by atoms with E-state index in [0.717, 1.165) is 18.7 Å². The largest absolute Gasteiger partial charge is 0.504 e. The minimum Gasteiger partial charge on any atom is -0.504 e. The number of nitrogens with one attached hydrogen (secondary N) is 1. The molecule has 0 unspecified atom stereocenters. The molecule has 18 heavy (non-hydrogen) atoms. The molecule has 0 aliphatic heterocycles. The van der Waals surface area contributed by atoms with E-state index in [9.17, 15) is 5.11 Å². The van der Waals surface area contributed by atoms with Gasteiger partial charge in [-0.3, -0.25) is 0 Å². The second kappa shape index (κ2) is 7.95. The molecule has 1 aromatic carbocycles. The van der Waals surface area contributed by atoms with Gasteiger partial charge in [0.2, 0.25) is 0 Å². The molecule has 0 spiro atoms. The van der Waals surface area contributed by atoms with Crippen LogP contribution >= 0.6 is 0 Å². The first-order valence-corrected chi connectivity index (χ1v) is 6.40. The van der Waals surface area contributed by atoms with Gasteiger partial charge in [0.05, 0.1) is 19.3 Å². The lowest BCUT2D eigenvalue weighted by molar-refractivity contribution is 0.0807. The van der Waals surface area contributed by atoms with Crippen LogP contribution < -0.4 is 10.1 Å². The smallest absolute Gasteiger partial charge is 0.161 e. The molecule has 0 aliphatic carbocycles. The second-order valence-electron chi connectivity index (χ2n) is 4.33. The molecule has 102 valence electrons. The lowest BCUT2D eigenvalue weighted by atomic mass is 10.2. The van der Waals surface area contributed by atoms with Crippen molar-refractivity contribution in [3.8, 4) is 11.5 Å². The van der Waals surface area contributed by atoms with Gasteiger partial charge in [0.25, 0.3) is 0 Å². The van der Waals surface area contributed by atoms with Gasteiger partial charge in [-0.15, -0.1) is 0 Å². The van der Waals surface area contributed by atoms with Crippen molar-refractivity contribution >= 4 is 0 Å². The normalized spacial score (nSPS) is 10.9. The molecular weight excluding hydrogens is 230 g/mol. The lowest BCUT2D eigenvalue weighted by Crippen LogP contribution is -2.20. The van der Waals surface area contributed by atoms with Crippen LogP contribution in [0.1, 0.15) is 26.3 Å². The summed E-state index contributed by atoms with van der Waals surface area (Å²) in [5.41, 5.74) is 1.08. The fraction of sp³-hybridized carbons (Fsp3) is 0.571. The number of ether oxygens (including phenoxy) is 2. The lowest BCUT2D eigenvalue weighted by Gasteiger charge is -2.10. The van der Waals surface area contributed by atoms with Crippen molar-refractivity contribution < 1.29 is 14.6 Å². The van der Waals surface area contributed by atoms with Gasteiger partial charge in [-0.25, -0.2) is 0 Å². The minimum absolute atomic E-state index is 0.184. The number of hydrogen-bond acceptors (Lipinski definition) is 4. The first kappa shape index (κ1) is 14.8. The molecule has 1 aromatic rings. The van der Waals surface area contributed by atoms with Crippen LogP contribution in [-0.4, -0.2) is 31.0 Å². The SMILES string of the molecule is CCOc1cc(CNCCOC(C)C)ccc1O. The molecule has 0 radical (unpaired) electrons. The van der Waals surface area contributed by atoms with Gasteiger partial charge in [-0.1, -0.05) is 6.07 Å². The summed E-state index contributed by atoms with van der Waals surface area (Å²) in [6, 6.07) is 5.40. The van der Waals surface area contributed by atoms with Gasteiger partial charge in [-0.2, -0.15) is 0 Å². The van der Waals surface area contributed by atoms with E-state index in [1.807, 2.05) is 32.9 Å². The quantitative estimate of drug-likeness (QED) is 0.698. The Hall–Kier alpha value is -1.26. The standard InChI is InChI=1S/C14H23NO3/c1-4-17-14-9-12(5-6-13(14)16)10-15-7-8-18-11(2)3/h5-6,9,11,15-16H,4,7-8,10H2,1-3H3. The molecule has 2 N–H and O–H groups in total. The third kappa shape index (κ3) is 5.38. The zero-order valence-corrected chi connectivity index (χ0v) is 11.4. The molecule has 1 rings (SSSR count). The topological polar surface area (TPSA) is 50.7 Å².